The summed E-state index contributed by atoms with van der Waals surface area (Å²) in [6.45, 7) is 3.41. The van der Waals surface area contributed by atoms with E-state index >= 15 is 0 Å². The number of fused-ring (bicyclic) bond motifs is 2. The Kier molecular flexibility index (Phi) is 6.02. The number of hydrogen-bond acceptors (Lipinski definition) is 7. The van der Waals surface area contributed by atoms with E-state index in [0.29, 0.717) is 52.6 Å². The smallest absolute Gasteiger partial charge is 0.238 e. The first-order chi connectivity index (χ1) is 14.8. The van der Waals surface area contributed by atoms with Crippen LogP contribution in [0.15, 0.2) is 40.4 Å². The molecule has 0 atom stereocenters. The number of imidazole rings is 1. The van der Waals surface area contributed by atoms with Crippen LogP contribution in [0.5, 0.6) is 11.5 Å². The lowest BCUT2D eigenvalue weighted by molar-refractivity contribution is -0.113. The second-order valence-corrected chi connectivity index (χ2v) is 9.56. The molecule has 12 heteroatoms. The van der Waals surface area contributed by atoms with Gasteiger partial charge in [0.2, 0.25) is 15.9 Å². The van der Waals surface area contributed by atoms with Crippen molar-refractivity contribution < 1.29 is 22.7 Å². The molecular formula is C19H19ClN4O5S2. The highest BCUT2D eigenvalue weighted by Crippen LogP contribution is 2.38. The zero-order valence-electron chi connectivity index (χ0n) is 16.4. The minimum absolute atomic E-state index is 0.0108. The number of nitrogens with zero attached hydrogens (tertiary/aromatic N) is 2. The summed E-state index contributed by atoms with van der Waals surface area (Å²) in [5, 5.41) is 8.91. The molecule has 31 heavy (non-hydrogen) atoms. The molecule has 1 amide bonds. The monoisotopic (exact) mass is 482 g/mol. The minimum Gasteiger partial charge on any atom is -0.486 e. The Morgan fingerprint density at radius 2 is 1.97 bits per heavy atom. The number of hydrogen-bond donors (Lipinski definition) is 2. The summed E-state index contributed by atoms with van der Waals surface area (Å²) in [6, 6.07) is 7.77. The summed E-state index contributed by atoms with van der Waals surface area (Å²) in [4.78, 5) is 17.0. The number of amides is 1. The molecule has 0 saturated heterocycles. The van der Waals surface area contributed by atoms with Crippen LogP contribution in [0.2, 0.25) is 5.02 Å². The Balaban J connectivity index is 1.50. The van der Waals surface area contributed by atoms with E-state index in [2.05, 4.69) is 10.3 Å². The van der Waals surface area contributed by atoms with E-state index in [1.807, 2.05) is 11.5 Å². The van der Waals surface area contributed by atoms with Crippen molar-refractivity contribution >= 4 is 56.0 Å². The van der Waals surface area contributed by atoms with E-state index in [-0.39, 0.29) is 16.6 Å². The number of ether oxygens (including phenoxy) is 2. The van der Waals surface area contributed by atoms with Crippen molar-refractivity contribution in [3.63, 3.8) is 0 Å². The number of nitrogens with two attached hydrogens (primary N) is 1. The maximum absolute atomic E-state index is 12.5. The molecule has 0 bridgehead atoms. The fourth-order valence-corrected chi connectivity index (χ4v) is 4.77. The predicted molar refractivity (Wildman–Crippen MR) is 119 cm³/mol. The maximum atomic E-state index is 12.5. The van der Waals surface area contributed by atoms with Crippen LogP contribution >= 0.6 is 23.4 Å². The van der Waals surface area contributed by atoms with Gasteiger partial charge in [-0.1, -0.05) is 23.4 Å². The van der Waals surface area contributed by atoms with Gasteiger partial charge in [0.1, 0.15) is 13.2 Å². The van der Waals surface area contributed by atoms with Gasteiger partial charge in [0, 0.05) is 18.7 Å². The normalized spacial score (nSPS) is 13.4. The van der Waals surface area contributed by atoms with Gasteiger partial charge >= 0.3 is 0 Å². The number of aromatic nitrogens is 2. The molecule has 0 radical (unpaired) electrons. The number of sulfonamides is 1. The molecule has 0 fully saturated rings. The zero-order chi connectivity index (χ0) is 22.2. The van der Waals surface area contributed by atoms with Crippen molar-refractivity contribution in [2.24, 2.45) is 5.14 Å². The molecular weight excluding hydrogens is 464 g/mol. The lowest BCUT2D eigenvalue weighted by atomic mass is 10.2. The number of carbonyl (C=O) groups is 1. The summed E-state index contributed by atoms with van der Waals surface area (Å²) in [7, 11) is -3.83. The number of rotatable bonds is 6. The van der Waals surface area contributed by atoms with Gasteiger partial charge in [-0.25, -0.2) is 18.5 Å². The third-order valence-electron chi connectivity index (χ3n) is 4.57. The van der Waals surface area contributed by atoms with Crippen molar-refractivity contribution in [1.29, 1.82) is 0 Å². The zero-order valence-corrected chi connectivity index (χ0v) is 18.8. The molecule has 164 valence electrons. The highest BCUT2D eigenvalue weighted by atomic mass is 35.5. The number of carbonyl (C=O) groups excluding carboxylic acids is 1. The first kappa shape index (κ1) is 21.8. The molecule has 9 nitrogen and oxygen atoms in total. The van der Waals surface area contributed by atoms with Gasteiger partial charge in [0.15, 0.2) is 16.7 Å². The molecule has 2 heterocycles. The van der Waals surface area contributed by atoms with Crippen LogP contribution in [0.25, 0.3) is 11.0 Å². The molecule has 2 aromatic carbocycles. The van der Waals surface area contributed by atoms with Crippen LogP contribution < -0.4 is 19.9 Å². The van der Waals surface area contributed by atoms with Crippen molar-refractivity contribution in [3.05, 3.63) is 35.4 Å². The van der Waals surface area contributed by atoms with Crippen molar-refractivity contribution in [1.82, 2.24) is 9.55 Å². The Hall–Kier alpha value is -2.47. The molecule has 0 spiro atoms. The average Bonchev–Trinajstić information content (AvgIpc) is 3.09. The Bertz CT molecular complexity index is 1280. The van der Waals surface area contributed by atoms with Crippen LogP contribution in [-0.2, 0) is 21.4 Å². The Labute approximate surface area is 187 Å². The Morgan fingerprint density at radius 3 is 2.65 bits per heavy atom. The second-order valence-electron chi connectivity index (χ2n) is 6.65. The van der Waals surface area contributed by atoms with E-state index in [4.69, 9.17) is 26.2 Å². The number of thioether (sulfide) groups is 1. The molecule has 4 rings (SSSR count). The number of anilines is 1. The summed E-state index contributed by atoms with van der Waals surface area (Å²) in [5.41, 5.74) is 1.68. The standard InChI is InChI=1S/C19H19ClN4O5S2/c1-2-24-15-4-3-11(31(21,26)27)7-14(15)23-19(24)30-10-18(25)22-13-9-17-16(8-12(13)20)28-5-6-29-17/h3-4,7-9H,2,5-6,10H2,1H3,(H,22,25)(H2,21,26,27). The van der Waals surface area contributed by atoms with Crippen LogP contribution in [0.1, 0.15) is 6.92 Å². The van der Waals surface area contributed by atoms with Gasteiger partial charge in [-0.15, -0.1) is 0 Å². The molecule has 3 N–H and O–H groups in total. The number of nitrogens with one attached hydrogen (secondary N) is 1. The molecule has 1 aromatic heterocycles. The molecule has 1 aliphatic rings. The number of benzene rings is 2. The third kappa shape index (κ3) is 4.59. The van der Waals surface area contributed by atoms with Gasteiger partial charge in [-0.3, -0.25) is 4.79 Å². The summed E-state index contributed by atoms with van der Waals surface area (Å²) < 4.78 is 36.1. The minimum atomic E-state index is -3.83. The predicted octanol–water partition coefficient (Wildman–Crippen LogP) is 2.86. The van der Waals surface area contributed by atoms with Gasteiger partial charge in [-0.2, -0.15) is 0 Å². The van der Waals surface area contributed by atoms with Crippen LogP contribution in [0.3, 0.4) is 0 Å². The highest BCUT2D eigenvalue weighted by Gasteiger charge is 2.18. The number of aryl methyl sites for hydroxylation is 1. The van der Waals surface area contributed by atoms with Gasteiger partial charge in [-0.05, 0) is 25.1 Å². The summed E-state index contributed by atoms with van der Waals surface area (Å²) in [5.74, 6) is 0.871. The van der Waals surface area contributed by atoms with Gasteiger partial charge < -0.3 is 19.4 Å². The van der Waals surface area contributed by atoms with Crippen molar-refractivity contribution in [2.45, 2.75) is 23.5 Å². The fourth-order valence-electron chi connectivity index (χ4n) is 3.16. The van der Waals surface area contributed by atoms with Gasteiger partial charge in [0.25, 0.3) is 0 Å². The highest BCUT2D eigenvalue weighted by molar-refractivity contribution is 7.99. The molecule has 0 aliphatic carbocycles. The Morgan fingerprint density at radius 1 is 1.26 bits per heavy atom. The van der Waals surface area contributed by atoms with E-state index in [1.165, 1.54) is 23.9 Å². The molecule has 3 aromatic rings. The lowest BCUT2D eigenvalue weighted by Crippen LogP contribution is -2.17. The van der Waals surface area contributed by atoms with E-state index in [1.54, 1.807) is 18.2 Å². The molecule has 0 unspecified atom stereocenters. The third-order valence-corrected chi connectivity index (χ3v) is 6.77. The molecule has 0 saturated carbocycles. The lowest BCUT2D eigenvalue weighted by Gasteiger charge is -2.20. The van der Waals surface area contributed by atoms with E-state index in [0.717, 1.165) is 5.52 Å². The van der Waals surface area contributed by atoms with E-state index < -0.39 is 10.0 Å². The quantitative estimate of drug-likeness (QED) is 0.517. The first-order valence-electron chi connectivity index (χ1n) is 9.31. The average molecular weight is 483 g/mol. The van der Waals surface area contributed by atoms with Crippen LogP contribution in [0, 0.1) is 0 Å². The first-order valence-corrected chi connectivity index (χ1v) is 12.2. The molecule has 1 aliphatic heterocycles. The van der Waals surface area contributed by atoms with Crippen LogP contribution in [0.4, 0.5) is 5.69 Å². The summed E-state index contributed by atoms with van der Waals surface area (Å²) >= 11 is 7.48. The number of primary sulfonamides is 1. The van der Waals surface area contributed by atoms with E-state index in [9.17, 15) is 13.2 Å². The largest absolute Gasteiger partial charge is 0.486 e. The van der Waals surface area contributed by atoms with Crippen molar-refractivity contribution in [3.8, 4) is 11.5 Å². The second kappa shape index (κ2) is 8.58. The summed E-state index contributed by atoms with van der Waals surface area (Å²) in [6.07, 6.45) is 0. The van der Waals surface area contributed by atoms with Crippen LogP contribution in [-0.4, -0.2) is 42.8 Å². The topological polar surface area (TPSA) is 126 Å². The fraction of sp³-hybridized carbons (Fsp3) is 0.263. The van der Waals surface area contributed by atoms with Crippen molar-refractivity contribution in [2.75, 3.05) is 24.3 Å². The maximum Gasteiger partial charge on any atom is 0.238 e. The van der Waals surface area contributed by atoms with Gasteiger partial charge in [0.05, 0.1) is 32.4 Å². The number of halogens is 1. The SMILES string of the molecule is CCn1c(SCC(=O)Nc2cc3c(cc2Cl)OCCO3)nc2cc(S(N)(=O)=O)ccc21.